The van der Waals surface area contributed by atoms with Crippen LogP contribution < -0.4 is 0 Å². The van der Waals surface area contributed by atoms with E-state index >= 15 is 0 Å². The molecule has 0 N–H and O–H groups in total. The van der Waals surface area contributed by atoms with E-state index in [0.717, 1.165) is 15.8 Å². The zero-order valence-electron chi connectivity index (χ0n) is 8.65. The van der Waals surface area contributed by atoms with Crippen molar-refractivity contribution >= 4 is 21.6 Å². The minimum atomic E-state index is -3.53. The highest BCUT2D eigenvalue weighted by molar-refractivity contribution is 7.91. The number of sulfonamides is 1. The van der Waals surface area contributed by atoms with E-state index in [2.05, 4.69) is 6.58 Å². The van der Waals surface area contributed by atoms with Gasteiger partial charge in [0.05, 0.1) is 0 Å². The summed E-state index contributed by atoms with van der Waals surface area (Å²) < 4.78 is 37.1. The molecule has 0 heterocycles. The van der Waals surface area contributed by atoms with Crippen LogP contribution in [0, 0.1) is 5.82 Å². The number of nitrogens with zero attached hydrogens (tertiary/aromatic N) is 1. The molecule has 0 spiro atoms. The van der Waals surface area contributed by atoms with Gasteiger partial charge in [0.25, 0.3) is 0 Å². The molecule has 1 aromatic carbocycles. The fourth-order valence-electron chi connectivity index (χ4n) is 1.11. The van der Waals surface area contributed by atoms with Gasteiger partial charge >= 0.3 is 0 Å². The molecule has 0 aliphatic rings. The minimum Gasteiger partial charge on any atom is -0.208 e. The van der Waals surface area contributed by atoms with Crippen LogP contribution in [0.2, 0.25) is 5.02 Å². The Morgan fingerprint density at radius 3 is 2.69 bits per heavy atom. The monoisotopic (exact) mass is 263 g/mol. The molecule has 6 heteroatoms. The second-order valence-corrected chi connectivity index (χ2v) is 5.63. The van der Waals surface area contributed by atoms with E-state index in [9.17, 15) is 12.8 Å². The van der Waals surface area contributed by atoms with Crippen LogP contribution in [0.5, 0.6) is 0 Å². The molecule has 1 rings (SSSR count). The van der Waals surface area contributed by atoms with Gasteiger partial charge in [0.1, 0.15) is 5.82 Å². The van der Waals surface area contributed by atoms with Crippen LogP contribution in [0.1, 0.15) is 5.56 Å². The van der Waals surface area contributed by atoms with Crippen molar-refractivity contribution in [2.75, 3.05) is 7.05 Å². The molecule has 0 amide bonds. The van der Waals surface area contributed by atoms with Gasteiger partial charge in [0.2, 0.25) is 10.0 Å². The third-order valence-electron chi connectivity index (χ3n) is 2.05. The summed E-state index contributed by atoms with van der Waals surface area (Å²) in [6.45, 7) is 3.13. The quantitative estimate of drug-likeness (QED) is 0.836. The maximum atomic E-state index is 13.4. The molecule has 0 aromatic heterocycles. The molecule has 0 bridgehead atoms. The largest absolute Gasteiger partial charge is 0.235 e. The number of hydrogen-bond acceptors (Lipinski definition) is 2. The first-order valence-electron chi connectivity index (χ1n) is 4.39. The summed E-state index contributed by atoms with van der Waals surface area (Å²) in [5.41, 5.74) is 0.261. The summed E-state index contributed by atoms with van der Waals surface area (Å²) in [5.74, 6) is -0.529. The molecule has 0 fully saturated rings. The third-order valence-corrected chi connectivity index (χ3v) is 3.71. The fraction of sp³-hybridized carbons (Fsp3) is 0.200. The van der Waals surface area contributed by atoms with Crippen LogP contribution in [-0.4, -0.2) is 19.8 Å². The Balaban J connectivity index is 2.94. The van der Waals surface area contributed by atoms with Crippen LogP contribution in [0.25, 0.3) is 0 Å². The van der Waals surface area contributed by atoms with Gasteiger partial charge in [-0.05, 0) is 12.1 Å². The SMILES string of the molecule is C=CS(=O)(=O)N(C)Cc1ccc(Cl)cc1F. The van der Waals surface area contributed by atoms with Crippen molar-refractivity contribution in [3.63, 3.8) is 0 Å². The van der Waals surface area contributed by atoms with Crippen molar-refractivity contribution in [1.82, 2.24) is 4.31 Å². The Morgan fingerprint density at radius 2 is 2.19 bits per heavy atom. The second-order valence-electron chi connectivity index (χ2n) is 3.20. The summed E-state index contributed by atoms with van der Waals surface area (Å²) in [5, 5.41) is 1.09. The molecule has 0 saturated carbocycles. The topological polar surface area (TPSA) is 37.4 Å². The highest BCUT2D eigenvalue weighted by Crippen LogP contribution is 2.17. The molecule has 3 nitrogen and oxygen atoms in total. The summed E-state index contributed by atoms with van der Waals surface area (Å²) in [6.07, 6.45) is 0. The highest BCUT2D eigenvalue weighted by atomic mass is 35.5. The van der Waals surface area contributed by atoms with Gasteiger partial charge in [-0.15, -0.1) is 0 Å². The molecule has 0 atom stereocenters. The lowest BCUT2D eigenvalue weighted by atomic mass is 10.2. The Kier molecular flexibility index (Phi) is 4.07. The van der Waals surface area contributed by atoms with Crippen molar-refractivity contribution < 1.29 is 12.8 Å². The van der Waals surface area contributed by atoms with Gasteiger partial charge in [0.15, 0.2) is 0 Å². The Labute approximate surface area is 99.2 Å². The molecule has 1 aromatic rings. The Hall–Kier alpha value is -0.910. The van der Waals surface area contributed by atoms with E-state index in [1.54, 1.807) is 0 Å². The first-order valence-corrected chi connectivity index (χ1v) is 6.27. The zero-order valence-corrected chi connectivity index (χ0v) is 10.2. The maximum Gasteiger partial charge on any atom is 0.235 e. The lowest BCUT2D eigenvalue weighted by Gasteiger charge is -2.14. The number of halogens is 2. The molecule has 0 aliphatic heterocycles. The van der Waals surface area contributed by atoms with Gasteiger partial charge in [-0.25, -0.2) is 12.8 Å². The summed E-state index contributed by atoms with van der Waals surface area (Å²) in [6, 6.07) is 4.10. The van der Waals surface area contributed by atoms with Crippen molar-refractivity contribution in [3.05, 3.63) is 46.6 Å². The minimum absolute atomic E-state index is 0.0582. The van der Waals surface area contributed by atoms with E-state index in [1.165, 1.54) is 19.2 Å². The molecule has 88 valence electrons. The molecule has 0 radical (unpaired) electrons. The smallest absolute Gasteiger partial charge is 0.208 e. The van der Waals surface area contributed by atoms with E-state index in [4.69, 9.17) is 11.6 Å². The first-order chi connectivity index (χ1) is 7.36. The Bertz CT molecular complexity index is 502. The van der Waals surface area contributed by atoms with Gasteiger partial charge in [0, 0.05) is 29.6 Å². The van der Waals surface area contributed by atoms with Crippen LogP contribution >= 0.6 is 11.6 Å². The number of benzene rings is 1. The molecule has 16 heavy (non-hydrogen) atoms. The van der Waals surface area contributed by atoms with Crippen molar-refractivity contribution in [1.29, 1.82) is 0 Å². The third kappa shape index (κ3) is 3.04. The van der Waals surface area contributed by atoms with Crippen molar-refractivity contribution in [3.8, 4) is 0 Å². The van der Waals surface area contributed by atoms with Gasteiger partial charge < -0.3 is 0 Å². The standard InChI is InChI=1S/C10H11ClFNO2S/c1-3-16(14,15)13(2)7-8-4-5-9(11)6-10(8)12/h3-6H,1,7H2,2H3. The first kappa shape index (κ1) is 13.2. The van der Waals surface area contributed by atoms with E-state index in [1.807, 2.05) is 0 Å². The molecular weight excluding hydrogens is 253 g/mol. The van der Waals surface area contributed by atoms with E-state index in [-0.39, 0.29) is 17.1 Å². The summed E-state index contributed by atoms with van der Waals surface area (Å²) in [4.78, 5) is 0. The number of rotatable bonds is 4. The van der Waals surface area contributed by atoms with E-state index in [0.29, 0.717) is 0 Å². The number of hydrogen-bond donors (Lipinski definition) is 0. The predicted molar refractivity (Wildman–Crippen MR) is 62.0 cm³/mol. The fourth-order valence-corrected chi connectivity index (χ4v) is 1.84. The lowest BCUT2D eigenvalue weighted by molar-refractivity contribution is 0.464. The zero-order chi connectivity index (χ0) is 12.3. The Morgan fingerprint density at radius 1 is 1.56 bits per heavy atom. The average Bonchev–Trinajstić information content (AvgIpc) is 2.22. The van der Waals surface area contributed by atoms with Crippen LogP contribution in [0.4, 0.5) is 4.39 Å². The normalized spacial score (nSPS) is 11.8. The highest BCUT2D eigenvalue weighted by Gasteiger charge is 2.15. The molecule has 0 saturated heterocycles. The predicted octanol–water partition coefficient (Wildman–Crippen LogP) is 2.38. The van der Waals surface area contributed by atoms with E-state index < -0.39 is 15.8 Å². The van der Waals surface area contributed by atoms with Gasteiger partial charge in [-0.1, -0.05) is 24.2 Å². The molecule has 0 unspecified atom stereocenters. The van der Waals surface area contributed by atoms with Crippen molar-refractivity contribution in [2.24, 2.45) is 0 Å². The van der Waals surface area contributed by atoms with Crippen LogP contribution in [0.3, 0.4) is 0 Å². The summed E-state index contributed by atoms with van der Waals surface area (Å²) >= 11 is 5.58. The molecule has 0 aliphatic carbocycles. The lowest BCUT2D eigenvalue weighted by Crippen LogP contribution is -2.24. The van der Waals surface area contributed by atoms with Gasteiger partial charge in [-0.2, -0.15) is 4.31 Å². The van der Waals surface area contributed by atoms with Gasteiger partial charge in [-0.3, -0.25) is 0 Å². The van der Waals surface area contributed by atoms with Crippen LogP contribution in [-0.2, 0) is 16.6 Å². The van der Waals surface area contributed by atoms with Crippen LogP contribution in [0.15, 0.2) is 30.2 Å². The average molecular weight is 264 g/mol. The maximum absolute atomic E-state index is 13.4. The molecular formula is C10H11ClFNO2S. The summed E-state index contributed by atoms with van der Waals surface area (Å²) in [7, 11) is -2.17. The second kappa shape index (κ2) is 4.95. The van der Waals surface area contributed by atoms with Crippen molar-refractivity contribution in [2.45, 2.75) is 6.54 Å².